The van der Waals surface area contributed by atoms with Crippen LogP contribution in [0.25, 0.3) is 0 Å². The highest BCUT2D eigenvalue weighted by Crippen LogP contribution is 2.55. The van der Waals surface area contributed by atoms with E-state index < -0.39 is 41.5 Å². The quantitative estimate of drug-likeness (QED) is 0.411. The van der Waals surface area contributed by atoms with E-state index in [2.05, 4.69) is 4.74 Å². The summed E-state index contributed by atoms with van der Waals surface area (Å²) in [6.45, 7) is 0. The predicted molar refractivity (Wildman–Crippen MR) is 62.2 cm³/mol. The Labute approximate surface area is 136 Å². The van der Waals surface area contributed by atoms with Crippen LogP contribution < -0.4 is 4.74 Å². The first-order valence-corrected chi connectivity index (χ1v) is 6.13. The smallest absolute Gasteiger partial charge is 0.430 e. The Kier molecular flexibility index (Phi) is 5.58. The van der Waals surface area contributed by atoms with Gasteiger partial charge in [-0.2, -0.15) is 48.3 Å². The second-order valence-corrected chi connectivity index (χ2v) is 4.80. The molecule has 1 aromatic carbocycles. The molecule has 0 N–H and O–H groups in total. The molecular formula is C12H4ClF11O. The van der Waals surface area contributed by atoms with Crippen LogP contribution >= 0.6 is 11.6 Å². The Morgan fingerprint density at radius 2 is 1.36 bits per heavy atom. The average molecular weight is 409 g/mol. The molecule has 0 spiro atoms. The van der Waals surface area contributed by atoms with Gasteiger partial charge in [0.15, 0.2) is 0 Å². The highest BCUT2D eigenvalue weighted by molar-refractivity contribution is 6.30. The topological polar surface area (TPSA) is 9.23 Å². The summed E-state index contributed by atoms with van der Waals surface area (Å²) in [6.07, 6.45) is -7.16. The van der Waals surface area contributed by atoms with Gasteiger partial charge < -0.3 is 4.74 Å². The lowest BCUT2D eigenvalue weighted by molar-refractivity contribution is -0.392. The number of hydrogen-bond donors (Lipinski definition) is 0. The lowest BCUT2D eigenvalue weighted by Crippen LogP contribution is -2.61. The molecule has 0 amide bonds. The first-order chi connectivity index (χ1) is 11.1. The third-order valence-electron chi connectivity index (χ3n) is 2.60. The average Bonchev–Trinajstić information content (AvgIpc) is 2.44. The molecule has 0 atom stereocenters. The number of benzene rings is 1. The van der Waals surface area contributed by atoms with Crippen molar-refractivity contribution < 1.29 is 53.0 Å². The number of ether oxygens (including phenoxy) is 1. The monoisotopic (exact) mass is 408 g/mol. The second kappa shape index (κ2) is 6.54. The lowest BCUT2D eigenvalue weighted by atomic mass is 10.0. The maximum absolute atomic E-state index is 13.2. The summed E-state index contributed by atoms with van der Waals surface area (Å²) in [7, 11) is 0. The molecule has 1 aromatic rings. The fraction of sp³-hybridized carbons (Fsp3) is 0.333. The highest BCUT2D eigenvalue weighted by Gasteiger charge is 2.83. The van der Waals surface area contributed by atoms with Crippen molar-refractivity contribution in [1.29, 1.82) is 0 Å². The standard InChI is InChI=1S/C12H4ClF11O/c13-5-2-1-3-6(4-5)25-8(15)7(14)9(16,17)10(18,19)11(20,21)12(22,23)24/h1-4H. The summed E-state index contributed by atoms with van der Waals surface area (Å²) in [5.74, 6) is -26.4. The van der Waals surface area contributed by atoms with Crippen molar-refractivity contribution in [3.63, 3.8) is 0 Å². The molecule has 0 aliphatic heterocycles. The molecule has 0 bridgehead atoms. The predicted octanol–water partition coefficient (Wildman–Crippen LogP) is 6.30. The van der Waals surface area contributed by atoms with Crippen molar-refractivity contribution in [2.24, 2.45) is 0 Å². The van der Waals surface area contributed by atoms with Crippen molar-refractivity contribution in [1.82, 2.24) is 0 Å². The molecule has 0 unspecified atom stereocenters. The number of alkyl halides is 9. The normalized spacial score (nSPS) is 15.0. The number of halogens is 12. The molecule has 0 radical (unpaired) electrons. The van der Waals surface area contributed by atoms with Gasteiger partial charge >= 0.3 is 30.0 Å². The van der Waals surface area contributed by atoms with Crippen LogP contribution in [0, 0.1) is 0 Å². The molecule has 0 aliphatic rings. The summed E-state index contributed by atoms with van der Waals surface area (Å²) < 4.78 is 143. The second-order valence-electron chi connectivity index (χ2n) is 4.37. The Hall–Kier alpha value is -1.72. The van der Waals surface area contributed by atoms with Crippen LogP contribution in [-0.4, -0.2) is 23.9 Å². The molecule has 0 saturated carbocycles. The fourth-order valence-corrected chi connectivity index (χ4v) is 1.50. The zero-order valence-corrected chi connectivity index (χ0v) is 12.0. The van der Waals surface area contributed by atoms with Gasteiger partial charge in [-0.25, -0.2) is 0 Å². The Morgan fingerprint density at radius 1 is 0.840 bits per heavy atom. The van der Waals surface area contributed by atoms with E-state index in [0.717, 1.165) is 18.2 Å². The van der Waals surface area contributed by atoms with Crippen molar-refractivity contribution in [3.8, 4) is 5.75 Å². The molecule has 1 nitrogen and oxygen atoms in total. The highest BCUT2D eigenvalue weighted by atomic mass is 35.5. The first-order valence-electron chi connectivity index (χ1n) is 5.75. The lowest BCUT2D eigenvalue weighted by Gasteiger charge is -2.32. The van der Waals surface area contributed by atoms with Crippen LogP contribution in [0.2, 0.25) is 5.02 Å². The number of rotatable bonds is 5. The van der Waals surface area contributed by atoms with Crippen molar-refractivity contribution >= 4 is 11.6 Å². The summed E-state index contributed by atoms with van der Waals surface area (Å²) in [4.78, 5) is 0. The van der Waals surface area contributed by atoms with Gasteiger partial charge in [-0.15, -0.1) is 0 Å². The summed E-state index contributed by atoms with van der Waals surface area (Å²) in [5, 5.41) is -0.202. The van der Waals surface area contributed by atoms with Crippen molar-refractivity contribution in [2.45, 2.75) is 23.9 Å². The van der Waals surface area contributed by atoms with Crippen LogP contribution in [0.1, 0.15) is 0 Å². The van der Waals surface area contributed by atoms with E-state index in [0.29, 0.717) is 6.07 Å². The minimum Gasteiger partial charge on any atom is -0.430 e. The molecule has 0 aliphatic carbocycles. The van der Waals surface area contributed by atoms with E-state index >= 15 is 0 Å². The van der Waals surface area contributed by atoms with E-state index in [-0.39, 0.29) is 5.02 Å². The summed E-state index contributed by atoms with van der Waals surface area (Å²) in [6, 6.07) is 0.491. The Balaban J connectivity index is 3.30. The fourth-order valence-electron chi connectivity index (χ4n) is 1.32. The van der Waals surface area contributed by atoms with Gasteiger partial charge in [0.05, 0.1) is 0 Å². The third kappa shape index (κ3) is 3.77. The van der Waals surface area contributed by atoms with Gasteiger partial charge in [0.1, 0.15) is 5.75 Å². The molecule has 1 rings (SSSR count). The molecule has 0 aromatic heterocycles. The number of hydrogen-bond acceptors (Lipinski definition) is 1. The van der Waals surface area contributed by atoms with E-state index in [1.165, 1.54) is 0 Å². The van der Waals surface area contributed by atoms with E-state index in [1.807, 2.05) is 0 Å². The van der Waals surface area contributed by atoms with Crippen LogP contribution in [0.3, 0.4) is 0 Å². The van der Waals surface area contributed by atoms with Gasteiger partial charge in [0, 0.05) is 5.02 Å². The zero-order valence-electron chi connectivity index (χ0n) is 11.3. The van der Waals surface area contributed by atoms with Crippen molar-refractivity contribution in [3.05, 3.63) is 41.1 Å². The van der Waals surface area contributed by atoms with Crippen LogP contribution in [0.15, 0.2) is 36.1 Å². The van der Waals surface area contributed by atoms with E-state index in [4.69, 9.17) is 11.6 Å². The van der Waals surface area contributed by atoms with Gasteiger partial charge in [-0.05, 0) is 18.2 Å². The van der Waals surface area contributed by atoms with E-state index in [9.17, 15) is 48.3 Å². The largest absolute Gasteiger partial charge is 0.460 e. The molecular weight excluding hydrogens is 405 g/mol. The Morgan fingerprint density at radius 3 is 1.80 bits per heavy atom. The summed E-state index contributed by atoms with van der Waals surface area (Å²) in [5.41, 5.74) is 0. The number of allylic oxidation sites excluding steroid dienone is 1. The van der Waals surface area contributed by atoms with E-state index in [1.54, 1.807) is 0 Å². The molecule has 25 heavy (non-hydrogen) atoms. The van der Waals surface area contributed by atoms with Crippen molar-refractivity contribution in [2.75, 3.05) is 0 Å². The first kappa shape index (κ1) is 21.3. The van der Waals surface area contributed by atoms with Gasteiger partial charge in [0.25, 0.3) is 0 Å². The minimum atomic E-state index is -7.36. The zero-order chi connectivity index (χ0) is 19.8. The SMILES string of the molecule is FC(Oc1cccc(Cl)c1)=C(F)C(F)(F)C(F)(F)C(F)(F)C(F)(F)F. The molecule has 0 saturated heterocycles. The maximum atomic E-state index is 13.2. The molecule has 0 fully saturated rings. The summed E-state index contributed by atoms with van der Waals surface area (Å²) >= 11 is 5.38. The van der Waals surface area contributed by atoms with Crippen LogP contribution in [0.4, 0.5) is 48.3 Å². The van der Waals surface area contributed by atoms with Gasteiger partial charge in [-0.1, -0.05) is 17.7 Å². The molecule has 142 valence electrons. The third-order valence-corrected chi connectivity index (χ3v) is 2.83. The van der Waals surface area contributed by atoms with Crippen LogP contribution in [-0.2, 0) is 0 Å². The van der Waals surface area contributed by atoms with Gasteiger partial charge in [0.2, 0.25) is 5.83 Å². The molecule has 13 heteroatoms. The van der Waals surface area contributed by atoms with Crippen LogP contribution in [0.5, 0.6) is 5.75 Å². The molecule has 0 heterocycles. The van der Waals surface area contributed by atoms with Gasteiger partial charge in [-0.3, -0.25) is 0 Å². The minimum absolute atomic E-state index is 0.202. The Bertz CT molecular complexity index is 665. The maximum Gasteiger partial charge on any atom is 0.460 e.